The number of nitrogens with zero attached hydrogens (tertiary/aromatic N) is 6. The molecule has 1 fully saturated rings. The van der Waals surface area contributed by atoms with Gasteiger partial charge in [-0.25, -0.2) is 4.68 Å². The minimum Gasteiger partial charge on any atom is -0.340 e. The fourth-order valence-electron chi connectivity index (χ4n) is 4.00. The summed E-state index contributed by atoms with van der Waals surface area (Å²) in [7, 11) is 0. The van der Waals surface area contributed by atoms with Gasteiger partial charge in [0.15, 0.2) is 0 Å². The van der Waals surface area contributed by atoms with Crippen LogP contribution in [0.1, 0.15) is 17.9 Å². The van der Waals surface area contributed by atoms with E-state index in [9.17, 15) is 4.79 Å². The van der Waals surface area contributed by atoms with Crippen molar-refractivity contribution in [2.45, 2.75) is 19.4 Å². The maximum atomic E-state index is 12.7. The van der Waals surface area contributed by atoms with Gasteiger partial charge in [-0.05, 0) is 48.4 Å². The lowest BCUT2D eigenvalue weighted by Crippen LogP contribution is -2.48. The predicted octanol–water partition coefficient (Wildman–Crippen LogP) is 3.85. The molecule has 0 saturated carbocycles. The molecule has 0 unspecified atom stereocenters. The summed E-state index contributed by atoms with van der Waals surface area (Å²) in [4.78, 5) is 21.4. The Kier molecular flexibility index (Phi) is 6.69. The van der Waals surface area contributed by atoms with Gasteiger partial charge in [-0.15, -0.1) is 0 Å². The highest BCUT2D eigenvalue weighted by Gasteiger charge is 2.22. The van der Waals surface area contributed by atoms with Gasteiger partial charge in [-0.1, -0.05) is 35.0 Å². The van der Waals surface area contributed by atoms with Crippen LogP contribution in [0.5, 0.6) is 0 Å². The molecule has 2 aromatic heterocycles. The number of benzene rings is 2. The number of para-hydroxylation sites is 1. The number of aromatic nitrogens is 4. The lowest BCUT2D eigenvalue weighted by Gasteiger charge is -2.34. The van der Waals surface area contributed by atoms with Gasteiger partial charge >= 0.3 is 0 Å². The first-order chi connectivity index (χ1) is 16.6. The van der Waals surface area contributed by atoms with E-state index in [0.29, 0.717) is 49.2 Å². The summed E-state index contributed by atoms with van der Waals surface area (Å²) in [5.41, 5.74) is 2.94. The van der Waals surface area contributed by atoms with Crippen LogP contribution in [0.4, 0.5) is 0 Å². The van der Waals surface area contributed by atoms with Crippen LogP contribution in [0.2, 0.25) is 5.02 Å². The van der Waals surface area contributed by atoms with E-state index < -0.39 is 0 Å². The van der Waals surface area contributed by atoms with Crippen molar-refractivity contribution in [2.75, 3.05) is 26.2 Å². The summed E-state index contributed by atoms with van der Waals surface area (Å²) in [5.74, 6) is 1.30. The molecule has 0 aliphatic carbocycles. The number of amides is 1. The molecule has 174 valence electrons. The van der Waals surface area contributed by atoms with E-state index in [1.54, 1.807) is 12.1 Å². The second-order valence-corrected chi connectivity index (χ2v) is 8.74. The second kappa shape index (κ2) is 10.2. The van der Waals surface area contributed by atoms with Crippen LogP contribution in [0.25, 0.3) is 17.1 Å². The summed E-state index contributed by atoms with van der Waals surface area (Å²) in [6.45, 7) is 3.51. The molecular formula is C25H25ClN6O2. The van der Waals surface area contributed by atoms with Crippen LogP contribution in [-0.2, 0) is 17.8 Å². The standard InChI is InChI=1S/C25H25ClN6O2/c26-21-9-7-20(8-10-21)25-28-23(34-29-25)18-30-12-14-31(15-13-30)24(33)11-6-19-16-27-32(17-19)22-4-2-1-3-5-22/h1-5,7-10,16-17H,6,11-15,18H2. The molecule has 9 heteroatoms. The Balaban J connectivity index is 1.08. The summed E-state index contributed by atoms with van der Waals surface area (Å²) >= 11 is 5.94. The van der Waals surface area contributed by atoms with Crippen LogP contribution in [0, 0.1) is 0 Å². The van der Waals surface area contributed by atoms with Gasteiger partial charge in [-0.2, -0.15) is 10.1 Å². The summed E-state index contributed by atoms with van der Waals surface area (Å²) in [5, 5.41) is 9.15. The Morgan fingerprint density at radius 2 is 1.76 bits per heavy atom. The smallest absolute Gasteiger partial charge is 0.241 e. The summed E-state index contributed by atoms with van der Waals surface area (Å²) < 4.78 is 7.27. The van der Waals surface area contributed by atoms with Crippen molar-refractivity contribution in [1.29, 1.82) is 0 Å². The molecule has 1 amide bonds. The average molecular weight is 477 g/mol. The zero-order valence-electron chi connectivity index (χ0n) is 18.7. The molecule has 0 radical (unpaired) electrons. The molecule has 0 atom stereocenters. The van der Waals surface area contributed by atoms with E-state index in [-0.39, 0.29) is 5.91 Å². The lowest BCUT2D eigenvalue weighted by molar-refractivity contribution is -0.133. The van der Waals surface area contributed by atoms with Gasteiger partial charge in [-0.3, -0.25) is 9.69 Å². The number of hydrogen-bond acceptors (Lipinski definition) is 6. The number of aryl methyl sites for hydroxylation is 1. The van der Waals surface area contributed by atoms with Gasteiger partial charge in [0.1, 0.15) is 0 Å². The fourth-order valence-corrected chi connectivity index (χ4v) is 4.13. The van der Waals surface area contributed by atoms with Crippen LogP contribution < -0.4 is 0 Å². The molecule has 1 saturated heterocycles. The van der Waals surface area contributed by atoms with E-state index in [4.69, 9.17) is 16.1 Å². The first kappa shape index (κ1) is 22.3. The maximum absolute atomic E-state index is 12.7. The molecule has 0 N–H and O–H groups in total. The average Bonchev–Trinajstić information content (AvgIpc) is 3.54. The fraction of sp³-hybridized carbons (Fsp3) is 0.280. The van der Waals surface area contributed by atoms with Crippen molar-refractivity contribution in [2.24, 2.45) is 0 Å². The van der Waals surface area contributed by atoms with Gasteiger partial charge in [0.05, 0.1) is 18.4 Å². The molecule has 4 aromatic rings. The van der Waals surface area contributed by atoms with Crippen molar-refractivity contribution in [1.82, 2.24) is 29.7 Å². The second-order valence-electron chi connectivity index (χ2n) is 8.30. The minimum atomic E-state index is 0.176. The topological polar surface area (TPSA) is 80.3 Å². The third-order valence-electron chi connectivity index (χ3n) is 5.94. The third kappa shape index (κ3) is 5.35. The summed E-state index contributed by atoms with van der Waals surface area (Å²) in [6.07, 6.45) is 4.99. The zero-order valence-corrected chi connectivity index (χ0v) is 19.4. The monoisotopic (exact) mass is 476 g/mol. The lowest BCUT2D eigenvalue weighted by atomic mass is 10.1. The zero-order chi connectivity index (χ0) is 23.3. The Hall–Kier alpha value is -3.49. The Labute approximate surface area is 202 Å². The van der Waals surface area contributed by atoms with Crippen molar-refractivity contribution >= 4 is 17.5 Å². The van der Waals surface area contributed by atoms with E-state index >= 15 is 0 Å². The van der Waals surface area contributed by atoms with E-state index in [1.165, 1.54) is 0 Å². The molecule has 3 heterocycles. The number of halogens is 1. The molecule has 34 heavy (non-hydrogen) atoms. The minimum absolute atomic E-state index is 0.176. The number of carbonyl (C=O) groups excluding carboxylic acids is 1. The number of carbonyl (C=O) groups is 1. The number of piperazine rings is 1. The molecule has 1 aliphatic heterocycles. The van der Waals surface area contributed by atoms with Gasteiger partial charge in [0.25, 0.3) is 0 Å². The molecule has 1 aliphatic rings. The van der Waals surface area contributed by atoms with Crippen molar-refractivity contribution in [3.8, 4) is 17.1 Å². The number of rotatable bonds is 7. The predicted molar refractivity (Wildman–Crippen MR) is 128 cm³/mol. The highest BCUT2D eigenvalue weighted by molar-refractivity contribution is 6.30. The van der Waals surface area contributed by atoms with Crippen LogP contribution in [0.15, 0.2) is 71.5 Å². The first-order valence-corrected chi connectivity index (χ1v) is 11.7. The maximum Gasteiger partial charge on any atom is 0.241 e. The summed E-state index contributed by atoms with van der Waals surface area (Å²) in [6, 6.07) is 17.3. The van der Waals surface area contributed by atoms with Gasteiger partial charge in [0, 0.05) is 49.4 Å². The molecule has 8 nitrogen and oxygen atoms in total. The van der Waals surface area contributed by atoms with Crippen molar-refractivity contribution in [3.05, 3.63) is 83.5 Å². The third-order valence-corrected chi connectivity index (χ3v) is 6.19. The van der Waals surface area contributed by atoms with Gasteiger partial charge in [0.2, 0.25) is 17.6 Å². The molecule has 0 spiro atoms. The highest BCUT2D eigenvalue weighted by Crippen LogP contribution is 2.19. The Morgan fingerprint density at radius 3 is 2.53 bits per heavy atom. The van der Waals surface area contributed by atoms with Crippen molar-refractivity contribution < 1.29 is 9.32 Å². The molecule has 5 rings (SSSR count). The number of hydrogen-bond donors (Lipinski definition) is 0. The Morgan fingerprint density at radius 1 is 1.00 bits per heavy atom. The molecule has 2 aromatic carbocycles. The van der Waals surface area contributed by atoms with Crippen LogP contribution >= 0.6 is 11.6 Å². The van der Waals surface area contributed by atoms with Crippen LogP contribution in [0.3, 0.4) is 0 Å². The van der Waals surface area contributed by atoms with Gasteiger partial charge < -0.3 is 9.42 Å². The quantitative estimate of drug-likeness (QED) is 0.403. The van der Waals surface area contributed by atoms with Crippen LogP contribution in [-0.4, -0.2) is 61.8 Å². The van der Waals surface area contributed by atoms with E-state index in [0.717, 1.165) is 29.9 Å². The first-order valence-electron chi connectivity index (χ1n) is 11.3. The molecule has 0 bridgehead atoms. The van der Waals surface area contributed by atoms with E-state index in [2.05, 4.69) is 20.1 Å². The normalized spacial score (nSPS) is 14.4. The van der Waals surface area contributed by atoms with Crippen molar-refractivity contribution in [3.63, 3.8) is 0 Å². The SMILES string of the molecule is O=C(CCc1cnn(-c2ccccc2)c1)N1CCN(Cc2nc(-c3ccc(Cl)cc3)no2)CC1. The van der Waals surface area contributed by atoms with E-state index in [1.807, 2.05) is 64.4 Å². The highest BCUT2D eigenvalue weighted by atomic mass is 35.5. The molecular weight excluding hydrogens is 452 g/mol. The Bertz CT molecular complexity index is 1230. The largest absolute Gasteiger partial charge is 0.340 e.